The molecular formula is C25H21NO5. The monoisotopic (exact) mass is 415 g/mol. The highest BCUT2D eigenvalue weighted by molar-refractivity contribution is 5.99. The summed E-state index contributed by atoms with van der Waals surface area (Å²) < 4.78 is 10.7. The van der Waals surface area contributed by atoms with E-state index in [0.29, 0.717) is 23.3 Å². The van der Waals surface area contributed by atoms with E-state index in [9.17, 15) is 14.4 Å². The Morgan fingerprint density at radius 1 is 0.903 bits per heavy atom. The lowest BCUT2D eigenvalue weighted by molar-refractivity contribution is -0.145. The molecule has 0 aromatic heterocycles. The molecule has 0 fully saturated rings. The number of Topliss-reactive ketones (excluding diaryl/α,β-unsaturated/α-hetero) is 1. The molecule has 1 amide bonds. The molecule has 1 aliphatic rings. The van der Waals surface area contributed by atoms with Crippen molar-refractivity contribution in [2.24, 2.45) is 0 Å². The molecule has 6 nitrogen and oxygen atoms in total. The lowest BCUT2D eigenvalue weighted by Gasteiger charge is -2.18. The SMILES string of the molecule is O=C(COC(=O)C(NC(=O)c1ccccc1)c1ccccc1)c1ccc2c(c1)CCO2. The third-order valence-corrected chi connectivity index (χ3v) is 5.04. The van der Waals surface area contributed by atoms with Crippen molar-refractivity contribution in [1.82, 2.24) is 5.32 Å². The molecule has 1 aliphatic heterocycles. The molecule has 0 aliphatic carbocycles. The maximum absolute atomic E-state index is 12.8. The Labute approximate surface area is 179 Å². The summed E-state index contributed by atoms with van der Waals surface area (Å²) in [5.41, 5.74) is 2.42. The Balaban J connectivity index is 1.45. The van der Waals surface area contributed by atoms with E-state index in [-0.39, 0.29) is 5.78 Å². The molecule has 6 heteroatoms. The standard InChI is InChI=1S/C25H21NO5/c27-21(19-11-12-22-20(15-19)13-14-30-22)16-31-25(29)23(17-7-3-1-4-8-17)26-24(28)18-9-5-2-6-10-18/h1-12,15,23H,13-14,16H2,(H,26,28). The van der Waals surface area contributed by atoms with Gasteiger partial charge in [-0.1, -0.05) is 48.5 Å². The molecule has 1 atom stereocenters. The summed E-state index contributed by atoms with van der Waals surface area (Å²) in [6, 6.07) is 21.5. The van der Waals surface area contributed by atoms with Crippen molar-refractivity contribution < 1.29 is 23.9 Å². The molecule has 156 valence electrons. The fourth-order valence-electron chi connectivity index (χ4n) is 3.39. The van der Waals surface area contributed by atoms with E-state index < -0.39 is 24.5 Å². The molecule has 3 aromatic carbocycles. The van der Waals surface area contributed by atoms with Gasteiger partial charge in [-0.3, -0.25) is 9.59 Å². The predicted molar refractivity (Wildman–Crippen MR) is 114 cm³/mol. The second-order valence-corrected chi connectivity index (χ2v) is 7.14. The van der Waals surface area contributed by atoms with Gasteiger partial charge in [0.05, 0.1) is 6.61 Å². The average molecular weight is 415 g/mol. The van der Waals surface area contributed by atoms with Crippen LogP contribution in [-0.4, -0.2) is 30.9 Å². The zero-order valence-corrected chi connectivity index (χ0v) is 16.7. The van der Waals surface area contributed by atoms with Crippen LogP contribution < -0.4 is 10.1 Å². The summed E-state index contributed by atoms with van der Waals surface area (Å²) in [4.78, 5) is 38.0. The average Bonchev–Trinajstić information content (AvgIpc) is 3.29. The minimum Gasteiger partial charge on any atom is -0.493 e. The van der Waals surface area contributed by atoms with Gasteiger partial charge in [-0.2, -0.15) is 0 Å². The molecule has 0 bridgehead atoms. The van der Waals surface area contributed by atoms with Gasteiger partial charge in [0.15, 0.2) is 18.4 Å². The maximum atomic E-state index is 12.8. The molecule has 0 saturated carbocycles. The van der Waals surface area contributed by atoms with Crippen molar-refractivity contribution in [1.29, 1.82) is 0 Å². The fourth-order valence-corrected chi connectivity index (χ4v) is 3.39. The smallest absolute Gasteiger partial charge is 0.333 e. The van der Waals surface area contributed by atoms with Crippen LogP contribution >= 0.6 is 0 Å². The van der Waals surface area contributed by atoms with Crippen molar-refractivity contribution in [3.63, 3.8) is 0 Å². The minimum absolute atomic E-state index is 0.316. The molecule has 4 rings (SSSR count). The van der Waals surface area contributed by atoms with Crippen molar-refractivity contribution in [2.75, 3.05) is 13.2 Å². The van der Waals surface area contributed by atoms with Gasteiger partial charge in [0.2, 0.25) is 0 Å². The van der Waals surface area contributed by atoms with Crippen LogP contribution in [0, 0.1) is 0 Å². The van der Waals surface area contributed by atoms with Gasteiger partial charge in [0.1, 0.15) is 5.75 Å². The summed E-state index contributed by atoms with van der Waals surface area (Å²) in [6.07, 6.45) is 0.748. The van der Waals surface area contributed by atoms with Crippen LogP contribution in [0.15, 0.2) is 78.9 Å². The van der Waals surface area contributed by atoms with Crippen LogP contribution in [0.1, 0.15) is 37.9 Å². The van der Waals surface area contributed by atoms with E-state index >= 15 is 0 Å². The summed E-state index contributed by atoms with van der Waals surface area (Å²) >= 11 is 0. The molecule has 31 heavy (non-hydrogen) atoms. The molecule has 1 N–H and O–H groups in total. The number of fused-ring (bicyclic) bond motifs is 1. The molecule has 0 radical (unpaired) electrons. The highest BCUT2D eigenvalue weighted by Crippen LogP contribution is 2.26. The molecule has 0 spiro atoms. The van der Waals surface area contributed by atoms with Crippen LogP contribution in [0.4, 0.5) is 0 Å². The van der Waals surface area contributed by atoms with Crippen molar-refractivity contribution in [3.8, 4) is 5.75 Å². The van der Waals surface area contributed by atoms with Gasteiger partial charge in [0, 0.05) is 17.5 Å². The molecule has 1 unspecified atom stereocenters. The van der Waals surface area contributed by atoms with E-state index in [4.69, 9.17) is 9.47 Å². The number of ether oxygens (including phenoxy) is 2. The van der Waals surface area contributed by atoms with E-state index in [1.165, 1.54) is 0 Å². The highest BCUT2D eigenvalue weighted by atomic mass is 16.5. The van der Waals surface area contributed by atoms with Crippen molar-refractivity contribution >= 4 is 17.7 Å². The Bertz CT molecular complexity index is 1100. The largest absolute Gasteiger partial charge is 0.493 e. The Morgan fingerprint density at radius 3 is 2.35 bits per heavy atom. The Hall–Kier alpha value is -3.93. The molecule has 0 saturated heterocycles. The number of esters is 1. The number of ketones is 1. The zero-order chi connectivity index (χ0) is 21.6. The lowest BCUT2D eigenvalue weighted by Crippen LogP contribution is -2.35. The van der Waals surface area contributed by atoms with Crippen LogP contribution in [0.5, 0.6) is 5.75 Å². The lowest BCUT2D eigenvalue weighted by atomic mass is 10.1. The van der Waals surface area contributed by atoms with Gasteiger partial charge in [-0.05, 0) is 41.5 Å². The van der Waals surface area contributed by atoms with Gasteiger partial charge < -0.3 is 14.8 Å². The topological polar surface area (TPSA) is 81.7 Å². The Kier molecular flexibility index (Phi) is 6.08. The van der Waals surface area contributed by atoms with Crippen LogP contribution in [-0.2, 0) is 16.0 Å². The van der Waals surface area contributed by atoms with Gasteiger partial charge in [-0.15, -0.1) is 0 Å². The molecule has 1 heterocycles. The minimum atomic E-state index is -1.03. The number of rotatable bonds is 7. The first-order chi connectivity index (χ1) is 15.1. The molecular weight excluding hydrogens is 394 g/mol. The van der Waals surface area contributed by atoms with Crippen molar-refractivity contribution in [2.45, 2.75) is 12.5 Å². The zero-order valence-electron chi connectivity index (χ0n) is 16.7. The van der Waals surface area contributed by atoms with Crippen LogP contribution in [0.25, 0.3) is 0 Å². The summed E-state index contributed by atoms with van der Waals surface area (Å²) in [5, 5.41) is 2.71. The third kappa shape index (κ3) is 4.80. The number of nitrogens with one attached hydrogen (secondary N) is 1. The second-order valence-electron chi connectivity index (χ2n) is 7.14. The maximum Gasteiger partial charge on any atom is 0.333 e. The van der Waals surface area contributed by atoms with Gasteiger partial charge in [0.25, 0.3) is 5.91 Å². The number of hydrogen-bond acceptors (Lipinski definition) is 5. The van der Waals surface area contributed by atoms with Gasteiger partial charge in [-0.25, -0.2) is 4.79 Å². The number of carbonyl (C=O) groups is 3. The van der Waals surface area contributed by atoms with E-state index in [1.54, 1.807) is 72.8 Å². The number of benzene rings is 3. The summed E-state index contributed by atoms with van der Waals surface area (Å²) in [5.74, 6) is -0.643. The normalized spacial score (nSPS) is 12.9. The second kappa shape index (κ2) is 9.26. The first-order valence-electron chi connectivity index (χ1n) is 9.98. The fraction of sp³-hybridized carbons (Fsp3) is 0.160. The first-order valence-corrected chi connectivity index (χ1v) is 9.98. The molecule has 3 aromatic rings. The quantitative estimate of drug-likeness (QED) is 0.472. The summed E-state index contributed by atoms with van der Waals surface area (Å²) in [7, 11) is 0. The van der Waals surface area contributed by atoms with E-state index in [1.807, 2.05) is 6.07 Å². The van der Waals surface area contributed by atoms with E-state index in [2.05, 4.69) is 5.32 Å². The highest BCUT2D eigenvalue weighted by Gasteiger charge is 2.26. The Morgan fingerprint density at radius 2 is 1.61 bits per heavy atom. The van der Waals surface area contributed by atoms with Crippen LogP contribution in [0.3, 0.4) is 0 Å². The van der Waals surface area contributed by atoms with E-state index in [0.717, 1.165) is 17.7 Å². The van der Waals surface area contributed by atoms with Crippen molar-refractivity contribution in [3.05, 3.63) is 101 Å². The van der Waals surface area contributed by atoms with Gasteiger partial charge >= 0.3 is 5.97 Å². The third-order valence-electron chi connectivity index (χ3n) is 5.04. The summed E-state index contributed by atoms with van der Waals surface area (Å²) in [6.45, 7) is 0.185. The number of amides is 1. The van der Waals surface area contributed by atoms with Crippen LogP contribution in [0.2, 0.25) is 0 Å². The predicted octanol–water partition coefficient (Wildman–Crippen LogP) is 3.52. The number of carbonyl (C=O) groups excluding carboxylic acids is 3. The first kappa shape index (κ1) is 20.3. The number of hydrogen-bond donors (Lipinski definition) is 1.